The van der Waals surface area contributed by atoms with Crippen LogP contribution in [-0.2, 0) is 19.6 Å². The summed E-state index contributed by atoms with van der Waals surface area (Å²) in [5.41, 5.74) is -0.130. The molecule has 0 saturated carbocycles. The van der Waals surface area contributed by atoms with Crippen molar-refractivity contribution < 1.29 is 36.2 Å². The van der Waals surface area contributed by atoms with Gasteiger partial charge >= 0.3 is 12.1 Å². The van der Waals surface area contributed by atoms with E-state index in [4.69, 9.17) is 14.6 Å². The Morgan fingerprint density at radius 1 is 1.22 bits per heavy atom. The summed E-state index contributed by atoms with van der Waals surface area (Å²) in [7, 11) is -3.44. The Labute approximate surface area is 155 Å². The molecule has 1 unspecified atom stereocenters. The van der Waals surface area contributed by atoms with Crippen molar-refractivity contribution in [3.8, 4) is 0 Å². The Balaban J connectivity index is 0.000000321. The third kappa shape index (κ3) is 6.16. The molecule has 152 valence electrons. The predicted octanol–water partition coefficient (Wildman–Crippen LogP) is 1.51. The van der Waals surface area contributed by atoms with E-state index in [1.807, 2.05) is 6.07 Å². The van der Waals surface area contributed by atoms with E-state index in [1.54, 1.807) is 24.3 Å². The minimum Gasteiger partial charge on any atom is -0.475 e. The number of hydrogen-bond acceptors (Lipinski definition) is 5. The second-order valence-electron chi connectivity index (χ2n) is 6.38. The number of rotatable bonds is 3. The molecule has 7 nitrogen and oxygen atoms in total. The topological polar surface area (TPSA) is 105 Å². The summed E-state index contributed by atoms with van der Waals surface area (Å²) in [4.78, 5) is 9.21. The third-order valence-corrected chi connectivity index (χ3v) is 5.88. The monoisotopic (exact) mass is 410 g/mol. The minimum absolute atomic E-state index is 0.127. The molecule has 0 aromatic heterocycles. The van der Waals surface area contributed by atoms with E-state index in [2.05, 4.69) is 10.0 Å². The van der Waals surface area contributed by atoms with Crippen molar-refractivity contribution >= 4 is 16.0 Å². The van der Waals surface area contributed by atoms with Gasteiger partial charge in [-0.25, -0.2) is 17.9 Å². The second-order valence-corrected chi connectivity index (χ2v) is 8.10. The van der Waals surface area contributed by atoms with Crippen LogP contribution in [0.3, 0.4) is 0 Å². The Bertz CT molecular complexity index is 734. The van der Waals surface area contributed by atoms with Crippen molar-refractivity contribution in [2.75, 3.05) is 19.7 Å². The number of piperidine rings is 1. The van der Waals surface area contributed by atoms with Crippen LogP contribution in [0, 0.1) is 0 Å². The van der Waals surface area contributed by atoms with E-state index in [0.717, 1.165) is 32.4 Å². The highest BCUT2D eigenvalue weighted by Crippen LogP contribution is 2.34. The first-order valence-electron chi connectivity index (χ1n) is 8.26. The lowest BCUT2D eigenvalue weighted by molar-refractivity contribution is -0.192. The number of carboxylic acid groups (broad SMARTS) is 1. The van der Waals surface area contributed by atoms with Crippen molar-refractivity contribution in [1.29, 1.82) is 0 Å². The number of halogens is 3. The summed E-state index contributed by atoms with van der Waals surface area (Å²) in [5.74, 6) is -2.76. The largest absolute Gasteiger partial charge is 0.490 e. The van der Waals surface area contributed by atoms with Crippen molar-refractivity contribution in [2.24, 2.45) is 0 Å². The zero-order chi connectivity index (χ0) is 20.1. The van der Waals surface area contributed by atoms with Gasteiger partial charge in [0.1, 0.15) is 0 Å². The lowest BCUT2D eigenvalue weighted by Gasteiger charge is -2.32. The lowest BCUT2D eigenvalue weighted by Crippen LogP contribution is -2.42. The molecule has 3 N–H and O–H groups in total. The van der Waals surface area contributed by atoms with Crippen LogP contribution in [0.4, 0.5) is 13.2 Å². The molecular formula is C16H21F3N2O5S. The number of sulfonamides is 1. The first-order valence-corrected chi connectivity index (χ1v) is 9.75. The van der Waals surface area contributed by atoms with Gasteiger partial charge < -0.3 is 15.2 Å². The van der Waals surface area contributed by atoms with Crippen LogP contribution in [0.1, 0.15) is 19.3 Å². The average Bonchev–Trinajstić information content (AvgIpc) is 2.97. The second kappa shape index (κ2) is 8.55. The highest BCUT2D eigenvalue weighted by molar-refractivity contribution is 7.89. The summed E-state index contributed by atoms with van der Waals surface area (Å²) < 4.78 is 65.0. The summed E-state index contributed by atoms with van der Waals surface area (Å²) in [6.07, 6.45) is -2.41. The number of ether oxygens (including phenoxy) is 1. The van der Waals surface area contributed by atoms with E-state index in [1.165, 1.54) is 0 Å². The van der Waals surface area contributed by atoms with Gasteiger partial charge in [-0.2, -0.15) is 13.2 Å². The molecule has 2 heterocycles. The van der Waals surface area contributed by atoms with Crippen LogP contribution in [0.5, 0.6) is 0 Å². The SMILES string of the molecule is O=C(O)C(F)(F)F.O=S(=O)(NC1COC2(CCNCC2)C1)c1ccccc1. The fourth-order valence-corrected chi connectivity index (χ4v) is 4.28. The molecule has 2 aliphatic heterocycles. The maximum atomic E-state index is 12.3. The summed E-state index contributed by atoms with van der Waals surface area (Å²) in [6.45, 7) is 2.35. The maximum Gasteiger partial charge on any atom is 0.490 e. The number of carboxylic acids is 1. The number of nitrogens with one attached hydrogen (secondary N) is 2. The summed E-state index contributed by atoms with van der Waals surface area (Å²) in [6, 6.07) is 8.36. The van der Waals surface area contributed by atoms with Crippen LogP contribution in [-0.4, -0.2) is 57.0 Å². The van der Waals surface area contributed by atoms with Crippen LogP contribution >= 0.6 is 0 Å². The Hall–Kier alpha value is -1.69. The molecule has 1 atom stereocenters. The standard InChI is InChI=1S/C14H20N2O3S.C2HF3O2/c17-20(18,13-4-2-1-3-5-13)16-12-10-14(19-11-12)6-8-15-9-7-14;3-2(4,5)1(6)7/h1-5,12,15-16H,6-11H2;(H,6,7). The average molecular weight is 410 g/mol. The first-order chi connectivity index (χ1) is 12.5. The normalized spacial score (nSPS) is 22.1. The third-order valence-electron chi connectivity index (χ3n) is 4.34. The van der Waals surface area contributed by atoms with E-state index in [9.17, 15) is 21.6 Å². The Kier molecular flexibility index (Phi) is 6.84. The van der Waals surface area contributed by atoms with Crippen molar-refractivity contribution in [3.05, 3.63) is 30.3 Å². The number of hydrogen-bond donors (Lipinski definition) is 3. The number of aliphatic carboxylic acids is 1. The molecular weight excluding hydrogens is 389 g/mol. The molecule has 1 aromatic rings. The van der Waals surface area contributed by atoms with Crippen LogP contribution in [0.15, 0.2) is 35.2 Å². The quantitative estimate of drug-likeness (QED) is 0.698. The van der Waals surface area contributed by atoms with Gasteiger partial charge in [-0.3, -0.25) is 0 Å². The molecule has 0 radical (unpaired) electrons. The molecule has 2 saturated heterocycles. The molecule has 1 aromatic carbocycles. The number of benzene rings is 1. The fourth-order valence-electron chi connectivity index (χ4n) is 3.04. The van der Waals surface area contributed by atoms with Gasteiger partial charge in [0.05, 0.1) is 17.1 Å². The van der Waals surface area contributed by atoms with Gasteiger partial charge in [0.25, 0.3) is 0 Å². The lowest BCUT2D eigenvalue weighted by atomic mass is 9.88. The van der Waals surface area contributed by atoms with Crippen LogP contribution < -0.4 is 10.0 Å². The summed E-state index contributed by atoms with van der Waals surface area (Å²) in [5, 5.41) is 10.4. The highest BCUT2D eigenvalue weighted by atomic mass is 32.2. The number of alkyl halides is 3. The van der Waals surface area contributed by atoms with E-state index in [0.29, 0.717) is 11.5 Å². The zero-order valence-corrected chi connectivity index (χ0v) is 15.1. The van der Waals surface area contributed by atoms with Crippen LogP contribution in [0.25, 0.3) is 0 Å². The molecule has 11 heteroatoms. The van der Waals surface area contributed by atoms with Gasteiger partial charge in [0, 0.05) is 6.04 Å². The molecule has 3 rings (SSSR count). The van der Waals surface area contributed by atoms with E-state index >= 15 is 0 Å². The molecule has 0 bridgehead atoms. The van der Waals surface area contributed by atoms with Crippen LogP contribution in [0.2, 0.25) is 0 Å². The highest BCUT2D eigenvalue weighted by Gasteiger charge is 2.42. The molecule has 27 heavy (non-hydrogen) atoms. The van der Waals surface area contributed by atoms with Gasteiger partial charge in [-0.05, 0) is 44.5 Å². The predicted molar refractivity (Wildman–Crippen MR) is 89.6 cm³/mol. The molecule has 2 aliphatic rings. The molecule has 0 aliphatic carbocycles. The van der Waals surface area contributed by atoms with E-state index in [-0.39, 0.29) is 11.6 Å². The Morgan fingerprint density at radius 3 is 2.30 bits per heavy atom. The first kappa shape index (κ1) is 21.6. The smallest absolute Gasteiger partial charge is 0.475 e. The van der Waals surface area contributed by atoms with Crippen molar-refractivity contribution in [3.63, 3.8) is 0 Å². The molecule has 2 fully saturated rings. The van der Waals surface area contributed by atoms with Gasteiger partial charge in [0.15, 0.2) is 0 Å². The van der Waals surface area contributed by atoms with Gasteiger partial charge in [-0.15, -0.1) is 0 Å². The van der Waals surface area contributed by atoms with Gasteiger partial charge in [-0.1, -0.05) is 18.2 Å². The summed E-state index contributed by atoms with van der Waals surface area (Å²) >= 11 is 0. The van der Waals surface area contributed by atoms with Crippen molar-refractivity contribution in [1.82, 2.24) is 10.0 Å². The Morgan fingerprint density at radius 2 is 1.78 bits per heavy atom. The number of carbonyl (C=O) groups is 1. The zero-order valence-electron chi connectivity index (χ0n) is 14.3. The maximum absolute atomic E-state index is 12.3. The van der Waals surface area contributed by atoms with Gasteiger partial charge in [0.2, 0.25) is 10.0 Å². The fraction of sp³-hybridized carbons (Fsp3) is 0.562. The van der Waals surface area contributed by atoms with Crippen molar-refractivity contribution in [2.45, 2.75) is 42.0 Å². The van der Waals surface area contributed by atoms with E-state index < -0.39 is 22.2 Å². The molecule has 0 amide bonds. The minimum atomic E-state index is -5.08. The molecule has 1 spiro atoms.